The molecule has 7 nitrogen and oxygen atoms in total. The molecular weight excluding hydrogens is 284 g/mol. The zero-order valence-electron chi connectivity index (χ0n) is 13.4. The molecule has 0 saturated carbocycles. The number of amides is 3. The van der Waals surface area contributed by atoms with Crippen LogP contribution in [0.4, 0.5) is 10.6 Å². The maximum absolute atomic E-state index is 12.2. The van der Waals surface area contributed by atoms with Crippen molar-refractivity contribution in [2.45, 2.75) is 39.0 Å². The molecule has 122 valence electrons. The summed E-state index contributed by atoms with van der Waals surface area (Å²) in [4.78, 5) is 25.3. The Labute approximate surface area is 130 Å². The average molecular weight is 308 g/mol. The van der Waals surface area contributed by atoms with Crippen LogP contribution in [0.15, 0.2) is 10.6 Å². The highest BCUT2D eigenvalue weighted by Gasteiger charge is 2.24. The van der Waals surface area contributed by atoms with E-state index in [2.05, 4.69) is 15.8 Å². The third kappa shape index (κ3) is 4.22. The molecule has 0 atom stereocenters. The molecule has 0 aromatic carbocycles. The number of hydrogen-bond acceptors (Lipinski definition) is 4. The second-order valence-corrected chi connectivity index (χ2v) is 6.01. The van der Waals surface area contributed by atoms with Gasteiger partial charge in [-0.05, 0) is 18.8 Å². The number of carbonyl (C=O) groups excluding carboxylic acids is 2. The van der Waals surface area contributed by atoms with Gasteiger partial charge >= 0.3 is 6.03 Å². The minimum atomic E-state index is -0.165. The lowest BCUT2D eigenvalue weighted by molar-refractivity contribution is -0.121. The first-order valence-electron chi connectivity index (χ1n) is 7.72. The lowest BCUT2D eigenvalue weighted by atomic mass is 9.93. The molecular formula is C15H24N4O3. The van der Waals surface area contributed by atoms with Crippen LogP contribution in [-0.4, -0.2) is 42.1 Å². The Bertz CT molecular complexity index is 519. The van der Waals surface area contributed by atoms with Gasteiger partial charge in [0.25, 0.3) is 0 Å². The summed E-state index contributed by atoms with van der Waals surface area (Å²) in [7, 11) is 1.65. The number of nitrogens with zero attached hydrogens (tertiary/aromatic N) is 2. The molecule has 1 aromatic heterocycles. The van der Waals surface area contributed by atoms with Gasteiger partial charge < -0.3 is 14.7 Å². The largest absolute Gasteiger partial charge is 0.359 e. The van der Waals surface area contributed by atoms with Crippen LogP contribution in [0.1, 0.15) is 44.8 Å². The van der Waals surface area contributed by atoms with Crippen LogP contribution in [0, 0.1) is 5.92 Å². The molecule has 0 bridgehead atoms. The third-order valence-corrected chi connectivity index (χ3v) is 3.99. The monoisotopic (exact) mass is 308 g/mol. The van der Waals surface area contributed by atoms with Crippen LogP contribution >= 0.6 is 0 Å². The molecule has 1 aliphatic rings. The van der Waals surface area contributed by atoms with E-state index in [-0.39, 0.29) is 17.9 Å². The zero-order valence-corrected chi connectivity index (χ0v) is 13.4. The van der Waals surface area contributed by atoms with Crippen molar-refractivity contribution in [3.05, 3.63) is 11.8 Å². The fraction of sp³-hybridized carbons (Fsp3) is 0.667. The summed E-state index contributed by atoms with van der Waals surface area (Å²) in [5, 5.41) is 9.25. The van der Waals surface area contributed by atoms with Crippen molar-refractivity contribution in [2.75, 3.05) is 25.5 Å². The quantitative estimate of drug-likeness (QED) is 0.892. The van der Waals surface area contributed by atoms with Gasteiger partial charge in [-0.25, -0.2) is 4.79 Å². The first kappa shape index (κ1) is 16.3. The number of rotatable bonds is 4. The highest BCUT2D eigenvalue weighted by atomic mass is 16.5. The van der Waals surface area contributed by atoms with E-state index >= 15 is 0 Å². The molecule has 7 heteroatoms. The van der Waals surface area contributed by atoms with E-state index < -0.39 is 0 Å². The fourth-order valence-corrected chi connectivity index (χ4v) is 2.51. The molecule has 1 aromatic rings. The molecule has 0 radical (unpaired) electrons. The average Bonchev–Trinajstić information content (AvgIpc) is 2.96. The molecule has 2 heterocycles. The number of piperidine rings is 1. The topological polar surface area (TPSA) is 87.5 Å². The summed E-state index contributed by atoms with van der Waals surface area (Å²) in [6.45, 7) is 5.32. The standard InChI is InChI=1S/C15H24N4O3/c1-10(2)12-9-13(18-22-12)17-15(21)19-6-4-11(5-7-19)8-14(20)16-3/h9-11H,4-8H2,1-3H3,(H,16,20)(H,17,18,21). The van der Waals surface area contributed by atoms with Crippen LogP contribution in [0.3, 0.4) is 0 Å². The van der Waals surface area contributed by atoms with Crippen molar-refractivity contribution in [1.29, 1.82) is 0 Å². The van der Waals surface area contributed by atoms with Crippen molar-refractivity contribution in [3.63, 3.8) is 0 Å². The number of anilines is 1. The van der Waals surface area contributed by atoms with Crippen molar-refractivity contribution in [2.24, 2.45) is 5.92 Å². The predicted molar refractivity (Wildman–Crippen MR) is 82.6 cm³/mol. The number of carbonyl (C=O) groups is 2. The molecule has 2 rings (SSSR count). The molecule has 0 aliphatic carbocycles. The molecule has 22 heavy (non-hydrogen) atoms. The first-order valence-corrected chi connectivity index (χ1v) is 7.72. The van der Waals surface area contributed by atoms with E-state index in [1.165, 1.54) is 0 Å². The second kappa shape index (κ2) is 7.29. The SMILES string of the molecule is CNC(=O)CC1CCN(C(=O)Nc2cc(C(C)C)on2)CC1. The maximum atomic E-state index is 12.2. The molecule has 0 spiro atoms. The summed E-state index contributed by atoms with van der Waals surface area (Å²) in [5.41, 5.74) is 0. The number of urea groups is 1. The van der Waals surface area contributed by atoms with Crippen LogP contribution in [0.2, 0.25) is 0 Å². The second-order valence-electron chi connectivity index (χ2n) is 6.01. The van der Waals surface area contributed by atoms with Crippen molar-refractivity contribution in [1.82, 2.24) is 15.4 Å². The van der Waals surface area contributed by atoms with Crippen molar-refractivity contribution in [3.8, 4) is 0 Å². The Balaban J connectivity index is 1.80. The van der Waals surface area contributed by atoms with Crippen molar-refractivity contribution < 1.29 is 14.1 Å². The maximum Gasteiger partial charge on any atom is 0.323 e. The Kier molecular flexibility index (Phi) is 5.41. The Hall–Kier alpha value is -2.05. The summed E-state index contributed by atoms with van der Waals surface area (Å²) >= 11 is 0. The highest BCUT2D eigenvalue weighted by molar-refractivity contribution is 5.88. The van der Waals surface area contributed by atoms with E-state index in [0.717, 1.165) is 18.6 Å². The minimum Gasteiger partial charge on any atom is -0.359 e. The molecule has 0 unspecified atom stereocenters. The molecule has 1 saturated heterocycles. The summed E-state index contributed by atoms with van der Waals surface area (Å²) in [6, 6.07) is 1.59. The van der Waals surface area contributed by atoms with Gasteiger partial charge in [-0.2, -0.15) is 0 Å². The van der Waals surface area contributed by atoms with Gasteiger partial charge in [-0.1, -0.05) is 19.0 Å². The van der Waals surface area contributed by atoms with Gasteiger partial charge in [0, 0.05) is 38.5 Å². The van der Waals surface area contributed by atoms with Gasteiger partial charge in [-0.3, -0.25) is 10.1 Å². The molecule has 1 aliphatic heterocycles. The van der Waals surface area contributed by atoms with Crippen LogP contribution in [0.25, 0.3) is 0 Å². The number of aromatic nitrogens is 1. The van der Waals surface area contributed by atoms with Crippen molar-refractivity contribution >= 4 is 17.8 Å². The lowest BCUT2D eigenvalue weighted by Crippen LogP contribution is -2.41. The first-order chi connectivity index (χ1) is 10.5. The van der Waals surface area contributed by atoms with E-state index in [9.17, 15) is 9.59 Å². The summed E-state index contributed by atoms with van der Waals surface area (Å²) in [5.74, 6) is 1.84. The van der Waals surface area contributed by atoms with E-state index in [4.69, 9.17) is 4.52 Å². The predicted octanol–water partition coefficient (Wildman–Crippen LogP) is 2.18. The normalized spacial score (nSPS) is 15.9. The van der Waals surface area contributed by atoms with Gasteiger partial charge in [0.05, 0.1) is 0 Å². The Morgan fingerprint density at radius 3 is 2.64 bits per heavy atom. The van der Waals surface area contributed by atoms with Crippen LogP contribution < -0.4 is 10.6 Å². The van der Waals surface area contributed by atoms with Gasteiger partial charge in [0.15, 0.2) is 5.82 Å². The number of nitrogens with one attached hydrogen (secondary N) is 2. The molecule has 1 fully saturated rings. The third-order valence-electron chi connectivity index (χ3n) is 3.99. The molecule has 3 amide bonds. The smallest absolute Gasteiger partial charge is 0.323 e. The Morgan fingerprint density at radius 2 is 2.09 bits per heavy atom. The Morgan fingerprint density at radius 1 is 1.41 bits per heavy atom. The van der Waals surface area contributed by atoms with Crippen LogP contribution in [-0.2, 0) is 4.79 Å². The lowest BCUT2D eigenvalue weighted by Gasteiger charge is -2.31. The van der Waals surface area contributed by atoms with E-state index in [0.29, 0.717) is 31.2 Å². The number of hydrogen-bond donors (Lipinski definition) is 2. The molecule has 2 N–H and O–H groups in total. The summed E-state index contributed by atoms with van der Waals surface area (Å²) in [6.07, 6.45) is 2.22. The zero-order chi connectivity index (χ0) is 16.1. The number of likely N-dealkylation sites (tertiary alicyclic amines) is 1. The van der Waals surface area contributed by atoms with Crippen LogP contribution in [0.5, 0.6) is 0 Å². The fourth-order valence-electron chi connectivity index (χ4n) is 2.51. The minimum absolute atomic E-state index is 0.0618. The van der Waals surface area contributed by atoms with Gasteiger partial charge in [0.2, 0.25) is 5.91 Å². The van der Waals surface area contributed by atoms with Gasteiger partial charge in [-0.15, -0.1) is 0 Å². The summed E-state index contributed by atoms with van der Waals surface area (Å²) < 4.78 is 5.16. The van der Waals surface area contributed by atoms with Gasteiger partial charge in [0.1, 0.15) is 5.76 Å². The van der Waals surface area contributed by atoms with E-state index in [1.807, 2.05) is 13.8 Å². The highest BCUT2D eigenvalue weighted by Crippen LogP contribution is 2.22. The van der Waals surface area contributed by atoms with E-state index in [1.54, 1.807) is 18.0 Å².